The zero-order valence-electron chi connectivity index (χ0n) is 19.4. The second-order valence-corrected chi connectivity index (χ2v) is 10.5. The summed E-state index contributed by atoms with van der Waals surface area (Å²) in [5.41, 5.74) is 2.01. The molecular weight excluding hydrogens is 446 g/mol. The van der Waals surface area contributed by atoms with Crippen molar-refractivity contribution in [2.24, 2.45) is 5.92 Å². The average molecular weight is 478 g/mol. The van der Waals surface area contributed by atoms with E-state index < -0.39 is 0 Å². The minimum atomic E-state index is -0.241. The Labute approximate surface area is 205 Å². The summed E-state index contributed by atoms with van der Waals surface area (Å²) in [6, 6.07) is 20.6. The molecule has 2 heterocycles. The van der Waals surface area contributed by atoms with Gasteiger partial charge in [0.25, 0.3) is 0 Å². The number of benzene rings is 3. The predicted molar refractivity (Wildman–Crippen MR) is 135 cm³/mol. The first-order valence-corrected chi connectivity index (χ1v) is 12.8. The van der Waals surface area contributed by atoms with Crippen molar-refractivity contribution in [3.8, 4) is 23.0 Å². The first-order chi connectivity index (χ1) is 16.5. The molecule has 0 spiro atoms. The molecule has 34 heavy (non-hydrogen) atoms. The number of ether oxygens (including phenoxy) is 2. The van der Waals surface area contributed by atoms with Crippen molar-refractivity contribution in [3.05, 3.63) is 77.9 Å². The van der Waals surface area contributed by atoms with E-state index in [1.54, 1.807) is 36.0 Å². The maximum absolute atomic E-state index is 10.1. The molecule has 2 aliphatic heterocycles. The van der Waals surface area contributed by atoms with Crippen molar-refractivity contribution < 1.29 is 19.7 Å². The van der Waals surface area contributed by atoms with Gasteiger partial charge in [0, 0.05) is 13.1 Å². The lowest BCUT2D eigenvalue weighted by molar-refractivity contribution is 0.190. The van der Waals surface area contributed by atoms with Gasteiger partial charge >= 0.3 is 0 Å². The van der Waals surface area contributed by atoms with Crippen LogP contribution in [0.4, 0.5) is 0 Å². The maximum atomic E-state index is 10.1. The fraction of sp³-hybridized carbons (Fsp3) is 0.357. The van der Waals surface area contributed by atoms with Gasteiger partial charge in [-0.25, -0.2) is 0 Å². The van der Waals surface area contributed by atoms with E-state index in [1.165, 1.54) is 19.5 Å². The Morgan fingerprint density at radius 1 is 1.00 bits per heavy atom. The minimum absolute atomic E-state index is 0.0731. The molecule has 3 aromatic rings. The normalized spacial score (nSPS) is 22.2. The number of hydrogen-bond acceptors (Lipinski definition) is 6. The number of rotatable bonds is 7. The number of fused-ring (bicyclic) bond motifs is 1. The van der Waals surface area contributed by atoms with Crippen LogP contribution in [-0.4, -0.2) is 41.4 Å². The fourth-order valence-corrected chi connectivity index (χ4v) is 6.05. The molecule has 2 N–H and O–H groups in total. The van der Waals surface area contributed by atoms with Crippen molar-refractivity contribution in [1.82, 2.24) is 4.90 Å². The van der Waals surface area contributed by atoms with Crippen LogP contribution in [0.25, 0.3) is 0 Å². The van der Waals surface area contributed by atoms with Gasteiger partial charge in [-0.1, -0.05) is 31.2 Å². The van der Waals surface area contributed by atoms with Gasteiger partial charge in [-0.15, -0.1) is 11.8 Å². The number of phenols is 2. The first kappa shape index (κ1) is 22.9. The van der Waals surface area contributed by atoms with Crippen LogP contribution in [0.2, 0.25) is 0 Å². The van der Waals surface area contributed by atoms with E-state index in [-0.39, 0.29) is 22.9 Å². The number of nitrogens with zero attached hydrogens (tertiary/aromatic N) is 1. The van der Waals surface area contributed by atoms with Crippen LogP contribution in [0.15, 0.2) is 71.6 Å². The number of phenolic OH excluding ortho intramolecular Hbond substituents is 2. The fourth-order valence-electron chi connectivity index (χ4n) is 4.73. The SMILES string of the molecule is C[C@@H]1CCN(CCCOc2ccc([C@@H]3Oc4ccc(O)cc4S[C@@H]3c3cccc(O)c3)cc2)C1. The number of aromatic hydroxyl groups is 2. The molecule has 1 fully saturated rings. The summed E-state index contributed by atoms with van der Waals surface area (Å²) in [5, 5.41) is 19.9. The summed E-state index contributed by atoms with van der Waals surface area (Å²) < 4.78 is 12.4. The molecule has 0 bridgehead atoms. The van der Waals surface area contributed by atoms with E-state index in [0.717, 1.165) is 46.4 Å². The molecule has 6 heteroatoms. The highest BCUT2D eigenvalue weighted by molar-refractivity contribution is 7.99. The Morgan fingerprint density at radius 2 is 1.82 bits per heavy atom. The second-order valence-electron chi connectivity index (χ2n) is 9.27. The van der Waals surface area contributed by atoms with Crippen LogP contribution in [0.3, 0.4) is 0 Å². The molecule has 178 valence electrons. The molecule has 0 aliphatic carbocycles. The summed E-state index contributed by atoms with van der Waals surface area (Å²) in [5.74, 6) is 2.87. The number of likely N-dealkylation sites (tertiary alicyclic amines) is 1. The zero-order chi connectivity index (χ0) is 23.5. The highest BCUT2D eigenvalue weighted by atomic mass is 32.2. The van der Waals surface area contributed by atoms with Gasteiger partial charge in [0.1, 0.15) is 29.1 Å². The molecule has 3 atom stereocenters. The summed E-state index contributed by atoms with van der Waals surface area (Å²) in [6.07, 6.45) is 2.09. The monoisotopic (exact) mass is 477 g/mol. The third kappa shape index (κ3) is 5.29. The standard InChI is InChI=1S/C28H31NO4S/c1-19-12-14-29(18-19)13-3-15-32-24-9-6-20(7-10-24)27-28(21-4-2-5-22(30)16-21)34-26-17-23(31)8-11-25(26)33-27/h2,4-11,16-17,19,27-28,30-31H,3,12-15,18H2,1H3/t19-,27+,28-/m1/s1. The zero-order valence-corrected chi connectivity index (χ0v) is 20.2. The van der Waals surface area contributed by atoms with Gasteiger partial charge in [0.05, 0.1) is 16.8 Å². The van der Waals surface area contributed by atoms with E-state index in [0.29, 0.717) is 6.61 Å². The van der Waals surface area contributed by atoms with Crippen LogP contribution in [-0.2, 0) is 0 Å². The molecule has 1 saturated heterocycles. The second kappa shape index (κ2) is 10.2. The third-order valence-corrected chi connectivity index (χ3v) is 7.86. The highest BCUT2D eigenvalue weighted by Gasteiger charge is 2.34. The van der Waals surface area contributed by atoms with Gasteiger partial charge in [0.15, 0.2) is 0 Å². The van der Waals surface area contributed by atoms with Crippen molar-refractivity contribution in [3.63, 3.8) is 0 Å². The summed E-state index contributed by atoms with van der Waals surface area (Å²) >= 11 is 1.64. The van der Waals surface area contributed by atoms with E-state index >= 15 is 0 Å². The molecule has 5 nitrogen and oxygen atoms in total. The Balaban J connectivity index is 1.28. The highest BCUT2D eigenvalue weighted by Crippen LogP contribution is 2.54. The molecule has 0 amide bonds. The summed E-state index contributed by atoms with van der Waals surface area (Å²) in [6.45, 7) is 6.54. The van der Waals surface area contributed by atoms with Crippen LogP contribution >= 0.6 is 11.8 Å². The number of thioether (sulfide) groups is 1. The van der Waals surface area contributed by atoms with Crippen molar-refractivity contribution >= 4 is 11.8 Å². The average Bonchev–Trinajstić information content (AvgIpc) is 3.26. The third-order valence-electron chi connectivity index (χ3n) is 6.51. The largest absolute Gasteiger partial charge is 0.508 e. The van der Waals surface area contributed by atoms with E-state index in [4.69, 9.17) is 9.47 Å². The Bertz CT molecular complexity index is 1120. The van der Waals surface area contributed by atoms with Gasteiger partial charge < -0.3 is 24.6 Å². The van der Waals surface area contributed by atoms with Gasteiger partial charge in [-0.05, 0) is 78.9 Å². The summed E-state index contributed by atoms with van der Waals surface area (Å²) in [7, 11) is 0. The number of hydrogen-bond donors (Lipinski definition) is 2. The van der Waals surface area contributed by atoms with E-state index in [2.05, 4.69) is 24.0 Å². The first-order valence-electron chi connectivity index (χ1n) is 12.0. The van der Waals surface area contributed by atoms with Crippen molar-refractivity contribution in [2.75, 3.05) is 26.2 Å². The van der Waals surface area contributed by atoms with Gasteiger partial charge in [-0.3, -0.25) is 0 Å². The van der Waals surface area contributed by atoms with Crippen LogP contribution in [0.1, 0.15) is 42.2 Å². The predicted octanol–water partition coefficient (Wildman–Crippen LogP) is 6.18. The van der Waals surface area contributed by atoms with Crippen LogP contribution in [0.5, 0.6) is 23.0 Å². The maximum Gasteiger partial charge on any atom is 0.140 e. The molecule has 0 radical (unpaired) electrons. The minimum Gasteiger partial charge on any atom is -0.508 e. The van der Waals surface area contributed by atoms with Crippen LogP contribution < -0.4 is 9.47 Å². The molecule has 0 unspecified atom stereocenters. The lowest BCUT2D eigenvalue weighted by Gasteiger charge is -2.34. The lowest BCUT2D eigenvalue weighted by Crippen LogP contribution is -2.23. The molecule has 3 aromatic carbocycles. The van der Waals surface area contributed by atoms with E-state index in [1.807, 2.05) is 30.3 Å². The molecule has 5 rings (SSSR count). The molecule has 0 saturated carbocycles. The molecular formula is C28H31NO4S. The van der Waals surface area contributed by atoms with Crippen LogP contribution in [0, 0.1) is 5.92 Å². The smallest absolute Gasteiger partial charge is 0.140 e. The Morgan fingerprint density at radius 3 is 2.59 bits per heavy atom. The Hall–Kier alpha value is -2.83. The Kier molecular flexibility index (Phi) is 6.88. The van der Waals surface area contributed by atoms with E-state index in [9.17, 15) is 10.2 Å². The molecule has 0 aromatic heterocycles. The van der Waals surface area contributed by atoms with Crippen molar-refractivity contribution in [2.45, 2.75) is 36.0 Å². The topological polar surface area (TPSA) is 62.2 Å². The quantitative estimate of drug-likeness (QED) is 0.397. The summed E-state index contributed by atoms with van der Waals surface area (Å²) in [4.78, 5) is 3.41. The van der Waals surface area contributed by atoms with Crippen molar-refractivity contribution in [1.29, 1.82) is 0 Å². The van der Waals surface area contributed by atoms with Gasteiger partial charge in [0.2, 0.25) is 0 Å². The molecule has 2 aliphatic rings. The van der Waals surface area contributed by atoms with Gasteiger partial charge in [-0.2, -0.15) is 0 Å². The lowest BCUT2D eigenvalue weighted by atomic mass is 10.00.